The summed E-state index contributed by atoms with van der Waals surface area (Å²) in [6, 6.07) is 16.9. The van der Waals surface area contributed by atoms with Crippen LogP contribution < -0.4 is 10.6 Å². The van der Waals surface area contributed by atoms with E-state index in [0.717, 1.165) is 25.1 Å². The second kappa shape index (κ2) is 9.84. The van der Waals surface area contributed by atoms with Gasteiger partial charge in [0.2, 0.25) is 5.91 Å². The fraction of sp³-hybridized carbons (Fsp3) is 0.318. The Labute approximate surface area is 170 Å². The van der Waals surface area contributed by atoms with Crippen LogP contribution in [0.15, 0.2) is 54.6 Å². The highest BCUT2D eigenvalue weighted by molar-refractivity contribution is 6.01. The van der Waals surface area contributed by atoms with Crippen molar-refractivity contribution in [3.8, 4) is 0 Å². The first-order valence-corrected chi connectivity index (χ1v) is 9.71. The van der Waals surface area contributed by atoms with Gasteiger partial charge in [0, 0.05) is 18.7 Å². The van der Waals surface area contributed by atoms with E-state index in [1.807, 2.05) is 18.2 Å². The number of nitrogens with zero attached hydrogens (tertiary/aromatic N) is 2. The first kappa shape index (κ1) is 20.5. The Bertz CT molecular complexity index is 836. The molecule has 0 radical (unpaired) electrons. The normalized spacial score (nSPS) is 13.7. The molecule has 1 saturated heterocycles. The molecule has 4 amide bonds. The average molecular weight is 394 g/mol. The van der Waals surface area contributed by atoms with Crippen LogP contribution in [0.25, 0.3) is 0 Å². The van der Waals surface area contributed by atoms with Gasteiger partial charge in [-0.1, -0.05) is 42.5 Å². The Morgan fingerprint density at radius 2 is 1.79 bits per heavy atom. The van der Waals surface area contributed by atoms with Crippen molar-refractivity contribution >= 4 is 17.8 Å². The second-order valence-electron chi connectivity index (χ2n) is 7.17. The summed E-state index contributed by atoms with van der Waals surface area (Å²) in [5, 5.41) is 5.42. The SMILES string of the molecule is CN(CCCNC(=O)c1ccc(CN2C(=O)CNC2=O)cc1)Cc1ccccc1. The smallest absolute Gasteiger partial charge is 0.324 e. The van der Waals surface area contributed by atoms with E-state index in [4.69, 9.17) is 0 Å². The molecule has 1 aliphatic rings. The standard InChI is InChI=1S/C22H26N4O3/c1-25(15-17-6-3-2-4-7-17)13-5-12-23-21(28)19-10-8-18(9-11-19)16-26-20(27)14-24-22(26)29/h2-4,6-11H,5,12-16H2,1H3,(H,23,28)(H,24,29). The van der Waals surface area contributed by atoms with Crippen LogP contribution in [-0.2, 0) is 17.9 Å². The molecular formula is C22H26N4O3. The van der Waals surface area contributed by atoms with Crippen molar-refractivity contribution < 1.29 is 14.4 Å². The highest BCUT2D eigenvalue weighted by Crippen LogP contribution is 2.10. The van der Waals surface area contributed by atoms with Crippen molar-refractivity contribution in [1.29, 1.82) is 0 Å². The predicted molar refractivity (Wildman–Crippen MR) is 110 cm³/mol. The first-order valence-electron chi connectivity index (χ1n) is 9.71. The zero-order valence-electron chi connectivity index (χ0n) is 16.6. The summed E-state index contributed by atoms with van der Waals surface area (Å²) in [5.41, 5.74) is 2.63. The maximum atomic E-state index is 12.3. The lowest BCUT2D eigenvalue weighted by atomic mass is 10.1. The quantitative estimate of drug-likeness (QED) is 0.503. The molecule has 0 atom stereocenters. The molecule has 0 unspecified atom stereocenters. The van der Waals surface area contributed by atoms with Crippen molar-refractivity contribution in [2.45, 2.75) is 19.5 Å². The lowest BCUT2D eigenvalue weighted by molar-refractivity contribution is -0.125. The highest BCUT2D eigenvalue weighted by Gasteiger charge is 2.28. The van der Waals surface area contributed by atoms with Crippen LogP contribution in [0.5, 0.6) is 0 Å². The molecule has 152 valence electrons. The topological polar surface area (TPSA) is 81.8 Å². The Hall–Kier alpha value is -3.19. The van der Waals surface area contributed by atoms with Crippen LogP contribution in [0.2, 0.25) is 0 Å². The Morgan fingerprint density at radius 1 is 1.07 bits per heavy atom. The molecule has 0 aromatic heterocycles. The number of rotatable bonds is 9. The van der Waals surface area contributed by atoms with Crippen LogP contribution in [0, 0.1) is 0 Å². The zero-order chi connectivity index (χ0) is 20.6. The van der Waals surface area contributed by atoms with Gasteiger partial charge in [0.05, 0.1) is 13.1 Å². The molecule has 1 fully saturated rings. The minimum atomic E-state index is -0.381. The van der Waals surface area contributed by atoms with E-state index in [-0.39, 0.29) is 30.9 Å². The number of carbonyl (C=O) groups excluding carboxylic acids is 3. The summed E-state index contributed by atoms with van der Waals surface area (Å²) in [6.07, 6.45) is 0.860. The van der Waals surface area contributed by atoms with Crippen molar-refractivity contribution in [2.75, 3.05) is 26.7 Å². The van der Waals surface area contributed by atoms with Crippen molar-refractivity contribution in [3.05, 3.63) is 71.3 Å². The van der Waals surface area contributed by atoms with Crippen LogP contribution >= 0.6 is 0 Å². The van der Waals surface area contributed by atoms with E-state index in [0.29, 0.717) is 12.1 Å². The molecule has 0 spiro atoms. The van der Waals surface area contributed by atoms with Gasteiger partial charge in [-0.25, -0.2) is 4.79 Å². The lowest BCUT2D eigenvalue weighted by Gasteiger charge is -2.16. The monoisotopic (exact) mass is 394 g/mol. The van der Waals surface area contributed by atoms with Gasteiger partial charge in [-0.3, -0.25) is 14.5 Å². The van der Waals surface area contributed by atoms with Gasteiger partial charge in [-0.15, -0.1) is 0 Å². The van der Waals surface area contributed by atoms with Crippen LogP contribution in [0.3, 0.4) is 0 Å². The van der Waals surface area contributed by atoms with Crippen molar-refractivity contribution in [3.63, 3.8) is 0 Å². The molecule has 3 rings (SSSR count). The molecular weight excluding hydrogens is 368 g/mol. The van der Waals surface area contributed by atoms with Crippen molar-refractivity contribution in [2.24, 2.45) is 0 Å². The number of urea groups is 1. The van der Waals surface area contributed by atoms with Gasteiger partial charge in [0.1, 0.15) is 0 Å². The van der Waals surface area contributed by atoms with Crippen molar-refractivity contribution in [1.82, 2.24) is 20.4 Å². The van der Waals surface area contributed by atoms with E-state index < -0.39 is 0 Å². The molecule has 0 saturated carbocycles. The van der Waals surface area contributed by atoms with E-state index in [1.54, 1.807) is 24.3 Å². The molecule has 1 aliphatic heterocycles. The number of amides is 4. The Kier molecular flexibility index (Phi) is 6.97. The summed E-state index contributed by atoms with van der Waals surface area (Å²) in [4.78, 5) is 38.9. The van der Waals surface area contributed by atoms with Gasteiger partial charge in [-0.2, -0.15) is 0 Å². The van der Waals surface area contributed by atoms with Gasteiger partial charge >= 0.3 is 6.03 Å². The molecule has 29 heavy (non-hydrogen) atoms. The third-order valence-electron chi connectivity index (χ3n) is 4.79. The van der Waals surface area contributed by atoms with Gasteiger partial charge in [0.15, 0.2) is 0 Å². The van der Waals surface area contributed by atoms with E-state index in [9.17, 15) is 14.4 Å². The number of benzene rings is 2. The summed E-state index contributed by atoms with van der Waals surface area (Å²) in [7, 11) is 2.07. The maximum absolute atomic E-state index is 12.3. The summed E-state index contributed by atoms with van der Waals surface area (Å²) >= 11 is 0. The number of carbonyl (C=O) groups is 3. The number of hydrogen-bond donors (Lipinski definition) is 2. The fourth-order valence-electron chi connectivity index (χ4n) is 3.19. The molecule has 7 nitrogen and oxygen atoms in total. The van der Waals surface area contributed by atoms with E-state index in [1.165, 1.54) is 10.5 Å². The Balaban J connectivity index is 1.39. The molecule has 0 bridgehead atoms. The first-order chi connectivity index (χ1) is 14.0. The number of nitrogens with one attached hydrogen (secondary N) is 2. The maximum Gasteiger partial charge on any atom is 0.324 e. The summed E-state index contributed by atoms with van der Waals surface area (Å²) in [6.45, 7) is 2.62. The lowest BCUT2D eigenvalue weighted by Crippen LogP contribution is -2.30. The van der Waals surface area contributed by atoms with E-state index >= 15 is 0 Å². The molecule has 2 aromatic rings. The second-order valence-corrected chi connectivity index (χ2v) is 7.17. The van der Waals surface area contributed by atoms with Gasteiger partial charge in [-0.05, 0) is 43.3 Å². The summed E-state index contributed by atoms with van der Waals surface area (Å²) in [5.74, 6) is -0.369. The third-order valence-corrected chi connectivity index (χ3v) is 4.79. The van der Waals surface area contributed by atoms with Gasteiger partial charge in [0.25, 0.3) is 5.91 Å². The molecule has 1 heterocycles. The molecule has 7 heteroatoms. The molecule has 2 aromatic carbocycles. The minimum Gasteiger partial charge on any atom is -0.352 e. The largest absolute Gasteiger partial charge is 0.352 e. The Morgan fingerprint density at radius 3 is 2.45 bits per heavy atom. The predicted octanol–water partition coefficient (Wildman–Crippen LogP) is 1.99. The molecule has 2 N–H and O–H groups in total. The zero-order valence-corrected chi connectivity index (χ0v) is 16.6. The summed E-state index contributed by atoms with van der Waals surface area (Å²) < 4.78 is 0. The third kappa shape index (κ3) is 5.89. The minimum absolute atomic E-state index is 0.0415. The van der Waals surface area contributed by atoms with Crippen LogP contribution in [0.1, 0.15) is 27.9 Å². The molecule has 0 aliphatic carbocycles. The average Bonchev–Trinajstić information content (AvgIpc) is 3.04. The van der Waals surface area contributed by atoms with Crippen LogP contribution in [0.4, 0.5) is 4.79 Å². The fourth-order valence-corrected chi connectivity index (χ4v) is 3.19. The van der Waals surface area contributed by atoms with Gasteiger partial charge < -0.3 is 15.5 Å². The van der Waals surface area contributed by atoms with Crippen LogP contribution in [-0.4, -0.2) is 54.3 Å². The highest BCUT2D eigenvalue weighted by atomic mass is 16.2. The number of imide groups is 1. The van der Waals surface area contributed by atoms with E-state index in [2.05, 4.69) is 34.7 Å². The number of hydrogen-bond acceptors (Lipinski definition) is 4.